The Kier molecular flexibility index (Phi) is 3.76. The molecule has 0 radical (unpaired) electrons. The van der Waals surface area contributed by atoms with Gasteiger partial charge in [0.25, 0.3) is 0 Å². The van der Waals surface area contributed by atoms with Gasteiger partial charge in [-0.3, -0.25) is 0 Å². The Labute approximate surface area is 78.8 Å². The molecule has 12 heavy (non-hydrogen) atoms. The van der Waals surface area contributed by atoms with Crippen LogP contribution in [0.5, 0.6) is 0 Å². The Morgan fingerprint density at radius 1 is 1.42 bits per heavy atom. The molecule has 0 fully saturated rings. The molecule has 0 aliphatic carbocycles. The Balaban J connectivity index is 2.34. The van der Waals surface area contributed by atoms with Gasteiger partial charge in [0.2, 0.25) is 0 Å². The molecular weight excluding hydrogens is 166 g/mol. The van der Waals surface area contributed by atoms with E-state index in [9.17, 15) is 0 Å². The standard InChI is InChI=1S/C10H17NS/c1-8(2)7-11-9(3)10-5-4-6-12-10/h4-6,8-9,11H,7H2,1-3H3. The number of hydrogen-bond donors (Lipinski definition) is 1. The third-order valence-electron chi connectivity index (χ3n) is 1.80. The van der Waals surface area contributed by atoms with Crippen LogP contribution in [0.3, 0.4) is 0 Å². The van der Waals surface area contributed by atoms with Crippen molar-refractivity contribution in [2.45, 2.75) is 26.8 Å². The van der Waals surface area contributed by atoms with E-state index in [0.717, 1.165) is 12.5 Å². The summed E-state index contributed by atoms with van der Waals surface area (Å²) < 4.78 is 0. The van der Waals surface area contributed by atoms with E-state index in [4.69, 9.17) is 0 Å². The number of thiophene rings is 1. The molecule has 0 saturated heterocycles. The van der Waals surface area contributed by atoms with Crippen LogP contribution in [0, 0.1) is 5.92 Å². The number of hydrogen-bond acceptors (Lipinski definition) is 2. The van der Waals surface area contributed by atoms with Crippen molar-refractivity contribution >= 4 is 11.3 Å². The van der Waals surface area contributed by atoms with Crippen LogP contribution < -0.4 is 5.32 Å². The fourth-order valence-corrected chi connectivity index (χ4v) is 1.81. The minimum atomic E-state index is 0.507. The second-order valence-corrected chi connectivity index (χ2v) is 4.52. The van der Waals surface area contributed by atoms with Crippen molar-refractivity contribution in [1.29, 1.82) is 0 Å². The third-order valence-corrected chi connectivity index (χ3v) is 2.86. The zero-order valence-corrected chi connectivity index (χ0v) is 8.82. The van der Waals surface area contributed by atoms with Crippen LogP contribution in [0.15, 0.2) is 17.5 Å². The molecular formula is C10H17NS. The fourth-order valence-electron chi connectivity index (χ4n) is 1.05. The molecule has 2 heteroatoms. The zero-order valence-electron chi connectivity index (χ0n) is 8.00. The van der Waals surface area contributed by atoms with E-state index < -0.39 is 0 Å². The lowest BCUT2D eigenvalue weighted by Crippen LogP contribution is -2.22. The van der Waals surface area contributed by atoms with E-state index in [-0.39, 0.29) is 0 Å². The van der Waals surface area contributed by atoms with E-state index in [2.05, 4.69) is 43.6 Å². The smallest absolute Gasteiger partial charge is 0.0386 e. The summed E-state index contributed by atoms with van der Waals surface area (Å²) in [7, 11) is 0. The Morgan fingerprint density at radius 2 is 2.17 bits per heavy atom. The second kappa shape index (κ2) is 4.63. The maximum Gasteiger partial charge on any atom is 0.0386 e. The minimum Gasteiger partial charge on any atom is -0.309 e. The van der Waals surface area contributed by atoms with E-state index in [0.29, 0.717) is 6.04 Å². The van der Waals surface area contributed by atoms with Gasteiger partial charge in [0.1, 0.15) is 0 Å². The maximum atomic E-state index is 3.49. The van der Waals surface area contributed by atoms with Gasteiger partial charge >= 0.3 is 0 Å². The average Bonchev–Trinajstić information content (AvgIpc) is 2.51. The molecule has 1 heterocycles. The largest absolute Gasteiger partial charge is 0.309 e. The quantitative estimate of drug-likeness (QED) is 0.756. The first-order valence-electron chi connectivity index (χ1n) is 4.47. The first-order chi connectivity index (χ1) is 5.70. The van der Waals surface area contributed by atoms with E-state index >= 15 is 0 Å². The molecule has 0 aromatic carbocycles. The molecule has 1 nitrogen and oxygen atoms in total. The Morgan fingerprint density at radius 3 is 2.67 bits per heavy atom. The molecule has 1 aromatic rings. The number of nitrogens with one attached hydrogen (secondary N) is 1. The van der Waals surface area contributed by atoms with Crippen LogP contribution in [0.25, 0.3) is 0 Å². The molecule has 1 unspecified atom stereocenters. The van der Waals surface area contributed by atoms with Crippen molar-refractivity contribution in [2.24, 2.45) is 5.92 Å². The van der Waals surface area contributed by atoms with Gasteiger partial charge in [-0.15, -0.1) is 11.3 Å². The van der Waals surface area contributed by atoms with Crippen molar-refractivity contribution in [3.05, 3.63) is 22.4 Å². The van der Waals surface area contributed by atoms with Gasteiger partial charge in [-0.05, 0) is 30.8 Å². The summed E-state index contributed by atoms with van der Waals surface area (Å²) in [6.07, 6.45) is 0. The van der Waals surface area contributed by atoms with Gasteiger partial charge in [0.05, 0.1) is 0 Å². The van der Waals surface area contributed by atoms with E-state index in [1.54, 1.807) is 0 Å². The van der Waals surface area contributed by atoms with Crippen LogP contribution in [0.1, 0.15) is 31.7 Å². The molecule has 1 rings (SSSR count). The molecule has 0 spiro atoms. The summed E-state index contributed by atoms with van der Waals surface area (Å²) in [5, 5.41) is 5.62. The van der Waals surface area contributed by atoms with Crippen LogP contribution in [0.2, 0.25) is 0 Å². The fraction of sp³-hybridized carbons (Fsp3) is 0.600. The van der Waals surface area contributed by atoms with Crippen molar-refractivity contribution in [2.75, 3.05) is 6.54 Å². The summed E-state index contributed by atoms with van der Waals surface area (Å²) in [5.74, 6) is 0.729. The van der Waals surface area contributed by atoms with Crippen molar-refractivity contribution in [1.82, 2.24) is 5.32 Å². The summed E-state index contributed by atoms with van der Waals surface area (Å²) in [4.78, 5) is 1.43. The average molecular weight is 183 g/mol. The topological polar surface area (TPSA) is 12.0 Å². The Bertz CT molecular complexity index is 204. The normalized spacial score (nSPS) is 13.7. The van der Waals surface area contributed by atoms with Gasteiger partial charge in [0, 0.05) is 10.9 Å². The van der Waals surface area contributed by atoms with Crippen molar-refractivity contribution in [3.63, 3.8) is 0 Å². The highest BCUT2D eigenvalue weighted by atomic mass is 32.1. The molecule has 68 valence electrons. The molecule has 1 atom stereocenters. The number of rotatable bonds is 4. The molecule has 0 saturated carbocycles. The minimum absolute atomic E-state index is 0.507. The predicted octanol–water partition coefficient (Wildman–Crippen LogP) is 3.05. The summed E-state index contributed by atoms with van der Waals surface area (Å²) in [6, 6.07) is 4.79. The summed E-state index contributed by atoms with van der Waals surface area (Å²) in [6.45, 7) is 7.77. The first-order valence-corrected chi connectivity index (χ1v) is 5.35. The van der Waals surface area contributed by atoms with Gasteiger partial charge in [0.15, 0.2) is 0 Å². The highest BCUT2D eigenvalue weighted by molar-refractivity contribution is 7.10. The molecule has 1 aromatic heterocycles. The lowest BCUT2D eigenvalue weighted by molar-refractivity contribution is 0.500. The molecule has 0 aliphatic rings. The lowest BCUT2D eigenvalue weighted by Gasteiger charge is -2.13. The molecule has 1 N–H and O–H groups in total. The van der Waals surface area contributed by atoms with Crippen LogP contribution in [-0.2, 0) is 0 Å². The third kappa shape index (κ3) is 2.95. The monoisotopic (exact) mass is 183 g/mol. The van der Waals surface area contributed by atoms with Crippen molar-refractivity contribution < 1.29 is 0 Å². The summed E-state index contributed by atoms with van der Waals surface area (Å²) in [5.41, 5.74) is 0. The summed E-state index contributed by atoms with van der Waals surface area (Å²) >= 11 is 1.82. The molecule has 0 bridgehead atoms. The van der Waals surface area contributed by atoms with E-state index in [1.165, 1.54) is 4.88 Å². The van der Waals surface area contributed by atoms with Gasteiger partial charge < -0.3 is 5.32 Å². The van der Waals surface area contributed by atoms with Crippen LogP contribution in [0.4, 0.5) is 0 Å². The SMILES string of the molecule is CC(C)CNC(C)c1cccs1. The maximum absolute atomic E-state index is 3.49. The van der Waals surface area contributed by atoms with E-state index in [1.807, 2.05) is 11.3 Å². The highest BCUT2D eigenvalue weighted by Gasteiger charge is 2.05. The predicted molar refractivity (Wildman–Crippen MR) is 55.6 cm³/mol. The molecule has 0 aliphatic heterocycles. The Hall–Kier alpha value is -0.340. The van der Waals surface area contributed by atoms with Crippen LogP contribution >= 0.6 is 11.3 Å². The van der Waals surface area contributed by atoms with Gasteiger partial charge in [-0.1, -0.05) is 19.9 Å². The zero-order chi connectivity index (χ0) is 8.97. The van der Waals surface area contributed by atoms with Crippen molar-refractivity contribution in [3.8, 4) is 0 Å². The lowest BCUT2D eigenvalue weighted by atomic mass is 10.2. The first kappa shape index (κ1) is 9.75. The van der Waals surface area contributed by atoms with Crippen LogP contribution in [-0.4, -0.2) is 6.54 Å². The van der Waals surface area contributed by atoms with Gasteiger partial charge in [-0.2, -0.15) is 0 Å². The second-order valence-electron chi connectivity index (χ2n) is 3.54. The highest BCUT2D eigenvalue weighted by Crippen LogP contribution is 2.17. The molecule has 0 amide bonds. The van der Waals surface area contributed by atoms with Gasteiger partial charge in [-0.25, -0.2) is 0 Å².